The number of rotatable bonds is 16. The Bertz CT molecular complexity index is 1370. The summed E-state index contributed by atoms with van der Waals surface area (Å²) in [6.07, 6.45) is 12.2. The van der Waals surface area contributed by atoms with Gasteiger partial charge in [-0.15, -0.1) is 0 Å². The summed E-state index contributed by atoms with van der Waals surface area (Å²) in [6, 6.07) is 6.03. The van der Waals surface area contributed by atoms with Gasteiger partial charge in [0.15, 0.2) is 11.5 Å². The van der Waals surface area contributed by atoms with Crippen molar-refractivity contribution in [1.29, 1.82) is 0 Å². The van der Waals surface area contributed by atoms with Gasteiger partial charge >= 0.3 is 23.9 Å². The van der Waals surface area contributed by atoms with Crippen LogP contribution in [0.1, 0.15) is 0 Å². The first-order valence-electron chi connectivity index (χ1n) is 11.5. The molecule has 0 bridgehead atoms. The maximum Gasteiger partial charge on any atom is 0.335 e. The summed E-state index contributed by atoms with van der Waals surface area (Å²) >= 11 is 0. The summed E-state index contributed by atoms with van der Waals surface area (Å²) in [6.45, 7) is 13.2. The Labute approximate surface area is 239 Å². The molecule has 12 heteroatoms. The third-order valence-corrected chi connectivity index (χ3v) is 4.41. The lowest BCUT2D eigenvalue weighted by Crippen LogP contribution is -1.97. The number of ether oxygens (including phenoxy) is 8. The van der Waals surface area contributed by atoms with Gasteiger partial charge < -0.3 is 37.9 Å². The van der Waals surface area contributed by atoms with Gasteiger partial charge in [-0.2, -0.15) is 0 Å². The molecule has 0 radical (unpaired) electrons. The number of carbonyl (C=O) groups is 4. The second kappa shape index (κ2) is 17.3. The zero-order valence-electron chi connectivity index (χ0n) is 22.0. The summed E-state index contributed by atoms with van der Waals surface area (Å²) in [5.41, 5.74) is 0. The highest BCUT2D eigenvalue weighted by atomic mass is 16.6. The molecule has 0 fully saturated rings. The number of carbonyl (C=O) groups excluding carboxylic acids is 4. The molecule has 0 heterocycles. The molecular weight excluding hydrogens is 552 g/mol. The van der Waals surface area contributed by atoms with Gasteiger partial charge in [0.25, 0.3) is 0 Å². The van der Waals surface area contributed by atoms with Crippen molar-refractivity contribution >= 4 is 34.6 Å². The maximum absolute atomic E-state index is 11.3. The lowest BCUT2D eigenvalue weighted by molar-refractivity contribution is -0.133. The monoisotopic (exact) mass is 576 g/mol. The maximum atomic E-state index is 11.3. The number of benzene rings is 2. The van der Waals surface area contributed by atoms with Crippen LogP contribution < -0.4 is 18.9 Å². The Hall–Kier alpha value is -6.30. The number of fused-ring (bicyclic) bond motifs is 1. The topological polar surface area (TPSA) is 142 Å². The van der Waals surface area contributed by atoms with Crippen LogP contribution >= 0.6 is 0 Å². The van der Waals surface area contributed by atoms with Crippen LogP contribution in [0.4, 0.5) is 0 Å². The van der Waals surface area contributed by atoms with E-state index >= 15 is 0 Å². The molecule has 216 valence electrons. The minimum atomic E-state index is -0.718. The Morgan fingerprint density at radius 3 is 0.952 bits per heavy atom. The highest BCUT2D eigenvalue weighted by Crippen LogP contribution is 2.41. The van der Waals surface area contributed by atoms with E-state index in [-0.39, 0.29) is 23.0 Å². The molecule has 12 nitrogen and oxygen atoms in total. The molecule has 0 aliphatic heterocycles. The van der Waals surface area contributed by atoms with Crippen molar-refractivity contribution < 1.29 is 57.1 Å². The molecule has 0 aliphatic rings. The largest absolute Gasteiger partial charge is 0.461 e. The normalized spacial score (nSPS) is 10.8. The molecule has 0 aromatic heterocycles. The lowest BCUT2D eigenvalue weighted by Gasteiger charge is -2.14. The summed E-state index contributed by atoms with van der Waals surface area (Å²) < 4.78 is 41.5. The van der Waals surface area contributed by atoms with E-state index in [0.29, 0.717) is 10.8 Å². The van der Waals surface area contributed by atoms with Crippen molar-refractivity contribution in [3.05, 3.63) is 125 Å². The molecule has 0 N–H and O–H groups in total. The highest BCUT2D eigenvalue weighted by Gasteiger charge is 2.15. The second-order valence-electron chi connectivity index (χ2n) is 7.03. The van der Waals surface area contributed by atoms with Crippen LogP contribution in [0.3, 0.4) is 0 Å². The third-order valence-electron chi connectivity index (χ3n) is 4.41. The molecule has 2 rings (SSSR count). The zero-order chi connectivity index (χ0) is 30.7. The van der Waals surface area contributed by atoms with E-state index in [4.69, 9.17) is 37.9 Å². The molecule has 42 heavy (non-hydrogen) atoms. The van der Waals surface area contributed by atoms with Crippen LogP contribution in [0, 0.1) is 0 Å². The predicted molar refractivity (Wildman–Crippen MR) is 148 cm³/mol. The van der Waals surface area contributed by atoms with E-state index in [1.165, 1.54) is 24.3 Å². The molecule has 0 saturated carbocycles. The minimum Gasteiger partial charge on any atom is -0.461 e. The molecule has 2 aromatic rings. The van der Waals surface area contributed by atoms with Crippen molar-refractivity contribution in [1.82, 2.24) is 0 Å². The SMILES string of the molecule is C=CC(=O)O/C=C\Oc1cc2c(O/C=C\OC(=O)C=C)ccc(O/C=C\OC(=O)C=C)c2cc1O/C=C\OC(=O)C=C. The highest BCUT2D eigenvalue weighted by molar-refractivity contribution is 5.96. The van der Waals surface area contributed by atoms with Gasteiger partial charge in [-0.1, -0.05) is 26.3 Å². The molecule has 0 amide bonds. The summed E-state index contributed by atoms with van der Waals surface area (Å²) in [5.74, 6) is -2.17. The summed E-state index contributed by atoms with van der Waals surface area (Å²) in [4.78, 5) is 45.2. The molecule has 0 spiro atoms. The first kappa shape index (κ1) is 31.9. The van der Waals surface area contributed by atoms with Crippen LogP contribution in [0.2, 0.25) is 0 Å². The van der Waals surface area contributed by atoms with E-state index in [9.17, 15) is 19.2 Å². The minimum absolute atomic E-state index is 0.0765. The fourth-order valence-corrected chi connectivity index (χ4v) is 2.66. The fraction of sp³-hybridized carbons (Fsp3) is 0. The molecule has 0 unspecified atom stereocenters. The van der Waals surface area contributed by atoms with Crippen LogP contribution in [0.5, 0.6) is 23.0 Å². The Balaban J connectivity index is 2.56. The standard InChI is InChI=1S/C30H24O12/c1-5-27(31)39-15-11-35-23-9-10-24(36-12-16-40-28(32)6-2)22-20-26(38-14-18-42-30(34)8-4)25(19-21(22)23)37-13-17-41-29(33)7-3/h5-20H,1-4H2/b15-11-,16-12-,17-13-,18-14-. The molecule has 0 aliphatic carbocycles. The fourth-order valence-electron chi connectivity index (χ4n) is 2.66. The first-order chi connectivity index (χ1) is 20.3. The van der Waals surface area contributed by atoms with Gasteiger partial charge in [0.1, 0.15) is 61.6 Å². The Kier molecular flexibility index (Phi) is 13.2. The van der Waals surface area contributed by atoms with Crippen molar-refractivity contribution in [3.8, 4) is 23.0 Å². The van der Waals surface area contributed by atoms with E-state index in [2.05, 4.69) is 26.3 Å². The molecule has 0 saturated heterocycles. The number of hydrogen-bond acceptors (Lipinski definition) is 12. The molecule has 2 aromatic carbocycles. The first-order valence-corrected chi connectivity index (χ1v) is 11.5. The van der Waals surface area contributed by atoms with E-state index in [0.717, 1.165) is 74.4 Å². The van der Waals surface area contributed by atoms with Crippen LogP contribution in [-0.4, -0.2) is 23.9 Å². The predicted octanol–water partition coefficient (Wildman–Crippen LogP) is 5.16. The van der Waals surface area contributed by atoms with Crippen LogP contribution in [0.15, 0.2) is 125 Å². The van der Waals surface area contributed by atoms with Gasteiger partial charge in [0.2, 0.25) is 0 Å². The van der Waals surface area contributed by atoms with Crippen molar-refractivity contribution in [2.45, 2.75) is 0 Å². The van der Waals surface area contributed by atoms with E-state index in [1.807, 2.05) is 0 Å². The zero-order valence-corrected chi connectivity index (χ0v) is 22.0. The number of hydrogen-bond donors (Lipinski definition) is 0. The summed E-state index contributed by atoms with van der Waals surface area (Å²) in [5, 5.41) is 0.786. The Morgan fingerprint density at radius 2 is 0.690 bits per heavy atom. The smallest absolute Gasteiger partial charge is 0.335 e. The lowest BCUT2D eigenvalue weighted by atomic mass is 10.1. The average molecular weight is 577 g/mol. The van der Waals surface area contributed by atoms with Crippen molar-refractivity contribution in [2.24, 2.45) is 0 Å². The molecule has 0 atom stereocenters. The van der Waals surface area contributed by atoms with Crippen molar-refractivity contribution in [3.63, 3.8) is 0 Å². The van der Waals surface area contributed by atoms with Gasteiger partial charge in [0.05, 0.1) is 0 Å². The van der Waals surface area contributed by atoms with E-state index in [1.54, 1.807) is 0 Å². The van der Waals surface area contributed by atoms with Crippen molar-refractivity contribution in [2.75, 3.05) is 0 Å². The number of esters is 4. The van der Waals surface area contributed by atoms with Gasteiger partial charge in [0, 0.05) is 35.1 Å². The van der Waals surface area contributed by atoms with Crippen LogP contribution in [0.25, 0.3) is 10.8 Å². The Morgan fingerprint density at radius 1 is 0.429 bits per heavy atom. The van der Waals surface area contributed by atoms with Gasteiger partial charge in [-0.05, 0) is 24.3 Å². The summed E-state index contributed by atoms with van der Waals surface area (Å²) in [7, 11) is 0. The van der Waals surface area contributed by atoms with E-state index < -0.39 is 23.9 Å². The second-order valence-corrected chi connectivity index (χ2v) is 7.03. The van der Waals surface area contributed by atoms with Gasteiger partial charge in [-0.25, -0.2) is 19.2 Å². The quantitative estimate of drug-likeness (QED) is 0.113. The van der Waals surface area contributed by atoms with Gasteiger partial charge in [-0.3, -0.25) is 0 Å². The third kappa shape index (κ3) is 10.5. The van der Waals surface area contributed by atoms with Crippen LogP contribution in [-0.2, 0) is 38.1 Å². The average Bonchev–Trinajstić information content (AvgIpc) is 3.01. The molecular formula is C30H24O12.